The Labute approximate surface area is 235 Å². The van der Waals surface area contributed by atoms with Gasteiger partial charge >= 0.3 is 0 Å². The standard InChI is InChI=1S/C28H22Cl2FN3O4S/c29-21-12-14-24(15-13-21)39(36,37)34(18-25-26(30)10-5-11-27(25)31)19-28(35)33-32-17-20-6-4-9-23(16-20)38-22-7-2-1-3-8-22/h1-17H,18-19H2,(H,33,35)/b32-17-. The quantitative estimate of drug-likeness (QED) is 0.175. The van der Waals surface area contributed by atoms with Crippen molar-refractivity contribution in [2.75, 3.05) is 6.54 Å². The lowest BCUT2D eigenvalue weighted by Gasteiger charge is -2.22. The van der Waals surface area contributed by atoms with Crippen molar-refractivity contribution in [3.63, 3.8) is 0 Å². The van der Waals surface area contributed by atoms with Crippen molar-refractivity contribution in [2.45, 2.75) is 11.4 Å². The predicted octanol–water partition coefficient (Wildman–Crippen LogP) is 6.27. The van der Waals surface area contributed by atoms with Gasteiger partial charge in [0.2, 0.25) is 10.0 Å². The second-order valence-corrected chi connectivity index (χ2v) is 11.0. The van der Waals surface area contributed by atoms with Gasteiger partial charge in [0, 0.05) is 22.2 Å². The molecule has 0 aliphatic rings. The maximum absolute atomic E-state index is 14.5. The van der Waals surface area contributed by atoms with Crippen LogP contribution in [0, 0.1) is 5.82 Å². The molecule has 0 aliphatic carbocycles. The van der Waals surface area contributed by atoms with Gasteiger partial charge < -0.3 is 4.74 Å². The number of benzene rings is 4. The van der Waals surface area contributed by atoms with Gasteiger partial charge in [0.25, 0.3) is 5.91 Å². The van der Waals surface area contributed by atoms with Crippen LogP contribution in [0.4, 0.5) is 4.39 Å². The van der Waals surface area contributed by atoms with Crippen LogP contribution in [-0.4, -0.2) is 31.4 Å². The van der Waals surface area contributed by atoms with Crippen molar-refractivity contribution in [2.24, 2.45) is 5.10 Å². The summed E-state index contributed by atoms with van der Waals surface area (Å²) in [6, 6.07) is 25.7. The Morgan fingerprint density at radius 2 is 1.62 bits per heavy atom. The summed E-state index contributed by atoms with van der Waals surface area (Å²) in [6.07, 6.45) is 1.39. The molecule has 7 nitrogen and oxygen atoms in total. The number of carbonyl (C=O) groups is 1. The summed E-state index contributed by atoms with van der Waals surface area (Å²) in [7, 11) is -4.24. The topological polar surface area (TPSA) is 88.1 Å². The Bertz CT molecular complexity index is 1560. The monoisotopic (exact) mass is 585 g/mol. The van der Waals surface area contributed by atoms with E-state index in [4.69, 9.17) is 27.9 Å². The summed E-state index contributed by atoms with van der Waals surface area (Å²) in [5, 5.41) is 4.30. The molecule has 0 radical (unpaired) electrons. The summed E-state index contributed by atoms with van der Waals surface area (Å²) in [6.45, 7) is -1.13. The minimum Gasteiger partial charge on any atom is -0.457 e. The van der Waals surface area contributed by atoms with E-state index in [0.717, 1.165) is 10.4 Å². The molecule has 0 spiro atoms. The number of nitrogens with one attached hydrogen (secondary N) is 1. The summed E-state index contributed by atoms with van der Waals surface area (Å²) in [5.74, 6) is -0.210. The molecule has 4 aromatic carbocycles. The average molecular weight is 586 g/mol. The molecule has 0 fully saturated rings. The number of para-hydroxylation sites is 1. The van der Waals surface area contributed by atoms with Gasteiger partial charge in [0.15, 0.2) is 0 Å². The molecular weight excluding hydrogens is 564 g/mol. The molecule has 11 heteroatoms. The Balaban J connectivity index is 1.49. The van der Waals surface area contributed by atoms with E-state index >= 15 is 0 Å². The molecule has 39 heavy (non-hydrogen) atoms. The van der Waals surface area contributed by atoms with E-state index in [9.17, 15) is 17.6 Å². The molecular formula is C28H22Cl2FN3O4S. The van der Waals surface area contributed by atoms with Crippen LogP contribution in [0.5, 0.6) is 11.5 Å². The third-order valence-electron chi connectivity index (χ3n) is 5.41. The minimum absolute atomic E-state index is 0.0299. The van der Waals surface area contributed by atoms with Gasteiger partial charge in [-0.2, -0.15) is 9.41 Å². The van der Waals surface area contributed by atoms with Gasteiger partial charge in [0.05, 0.1) is 17.7 Å². The zero-order chi connectivity index (χ0) is 27.8. The average Bonchev–Trinajstić information content (AvgIpc) is 2.91. The van der Waals surface area contributed by atoms with Crippen LogP contribution in [0.1, 0.15) is 11.1 Å². The van der Waals surface area contributed by atoms with E-state index in [1.54, 1.807) is 24.3 Å². The second-order valence-electron chi connectivity index (χ2n) is 8.21. The maximum Gasteiger partial charge on any atom is 0.255 e. The minimum atomic E-state index is -4.24. The van der Waals surface area contributed by atoms with E-state index in [0.29, 0.717) is 22.1 Å². The fraction of sp³-hybridized carbons (Fsp3) is 0.0714. The van der Waals surface area contributed by atoms with Crippen molar-refractivity contribution >= 4 is 45.3 Å². The first-order chi connectivity index (χ1) is 18.7. The number of rotatable bonds is 10. The first-order valence-electron chi connectivity index (χ1n) is 11.6. The molecule has 0 saturated carbocycles. The van der Waals surface area contributed by atoms with Crippen LogP contribution < -0.4 is 10.2 Å². The van der Waals surface area contributed by atoms with Crippen LogP contribution in [0.2, 0.25) is 10.0 Å². The third kappa shape index (κ3) is 7.64. The van der Waals surface area contributed by atoms with Crippen molar-refractivity contribution in [1.82, 2.24) is 9.73 Å². The number of amides is 1. The molecule has 0 aliphatic heterocycles. The molecule has 200 valence electrons. The second kappa shape index (κ2) is 12.9. The van der Waals surface area contributed by atoms with Crippen LogP contribution >= 0.6 is 23.2 Å². The summed E-state index contributed by atoms with van der Waals surface area (Å²) in [4.78, 5) is 12.6. The smallest absolute Gasteiger partial charge is 0.255 e. The zero-order valence-corrected chi connectivity index (χ0v) is 22.6. The molecule has 0 heterocycles. The molecule has 0 atom stereocenters. The molecule has 0 saturated heterocycles. The van der Waals surface area contributed by atoms with Crippen molar-refractivity contribution < 1.29 is 22.3 Å². The normalized spacial score (nSPS) is 11.6. The van der Waals surface area contributed by atoms with E-state index in [1.807, 2.05) is 30.3 Å². The van der Waals surface area contributed by atoms with E-state index in [-0.39, 0.29) is 15.5 Å². The van der Waals surface area contributed by atoms with E-state index in [1.165, 1.54) is 42.6 Å². The first kappa shape index (κ1) is 28.3. The van der Waals surface area contributed by atoms with Gasteiger partial charge in [-0.05, 0) is 66.2 Å². The van der Waals surface area contributed by atoms with Crippen LogP contribution in [0.3, 0.4) is 0 Å². The summed E-state index contributed by atoms with van der Waals surface area (Å²) < 4.78 is 47.9. The Morgan fingerprint density at radius 1 is 0.923 bits per heavy atom. The highest BCUT2D eigenvalue weighted by Crippen LogP contribution is 2.25. The highest BCUT2D eigenvalue weighted by Gasteiger charge is 2.28. The lowest BCUT2D eigenvalue weighted by Crippen LogP contribution is -2.39. The molecule has 0 unspecified atom stereocenters. The van der Waals surface area contributed by atoms with Crippen LogP contribution in [0.15, 0.2) is 107 Å². The molecule has 4 rings (SSSR count). The SMILES string of the molecule is O=C(CN(Cc1c(F)cccc1Cl)S(=O)(=O)c1ccc(Cl)cc1)N/N=C\c1cccc(Oc2ccccc2)c1. The fourth-order valence-corrected chi connectivity index (χ4v) is 5.21. The number of ether oxygens (including phenoxy) is 1. The molecule has 4 aromatic rings. The van der Waals surface area contributed by atoms with Gasteiger partial charge in [-0.25, -0.2) is 18.2 Å². The maximum atomic E-state index is 14.5. The van der Waals surface area contributed by atoms with Crippen LogP contribution in [-0.2, 0) is 21.4 Å². The lowest BCUT2D eigenvalue weighted by atomic mass is 10.2. The molecule has 1 N–H and O–H groups in total. The fourth-order valence-electron chi connectivity index (χ4n) is 3.50. The van der Waals surface area contributed by atoms with Gasteiger partial charge in [0.1, 0.15) is 17.3 Å². The Kier molecular flexibility index (Phi) is 9.32. The molecule has 1 amide bonds. The summed E-state index contributed by atoms with van der Waals surface area (Å²) >= 11 is 12.0. The number of halogens is 3. The van der Waals surface area contributed by atoms with Crippen LogP contribution in [0.25, 0.3) is 0 Å². The highest BCUT2D eigenvalue weighted by atomic mass is 35.5. The zero-order valence-electron chi connectivity index (χ0n) is 20.3. The molecule has 0 bridgehead atoms. The van der Waals surface area contributed by atoms with Gasteiger partial charge in [-0.3, -0.25) is 4.79 Å². The number of hydrazone groups is 1. The van der Waals surface area contributed by atoms with E-state index in [2.05, 4.69) is 10.5 Å². The number of nitrogens with zero attached hydrogens (tertiary/aromatic N) is 2. The van der Waals surface area contributed by atoms with E-state index < -0.39 is 34.8 Å². The lowest BCUT2D eigenvalue weighted by molar-refractivity contribution is -0.121. The predicted molar refractivity (Wildman–Crippen MR) is 149 cm³/mol. The summed E-state index contributed by atoms with van der Waals surface area (Å²) in [5.41, 5.74) is 2.88. The molecule has 0 aromatic heterocycles. The number of sulfonamides is 1. The number of hydrogen-bond donors (Lipinski definition) is 1. The first-order valence-corrected chi connectivity index (χ1v) is 13.8. The largest absolute Gasteiger partial charge is 0.457 e. The third-order valence-corrected chi connectivity index (χ3v) is 7.82. The number of hydrogen-bond acceptors (Lipinski definition) is 5. The van der Waals surface area contributed by atoms with Crippen molar-refractivity contribution in [3.8, 4) is 11.5 Å². The van der Waals surface area contributed by atoms with Crippen molar-refractivity contribution in [1.29, 1.82) is 0 Å². The highest BCUT2D eigenvalue weighted by molar-refractivity contribution is 7.89. The number of carbonyl (C=O) groups excluding carboxylic acids is 1. The Morgan fingerprint density at radius 3 is 2.33 bits per heavy atom. The van der Waals surface area contributed by atoms with Crippen molar-refractivity contribution in [3.05, 3.63) is 124 Å². The Hall–Kier alpha value is -3.76. The van der Waals surface area contributed by atoms with Gasteiger partial charge in [-0.15, -0.1) is 0 Å². The van der Waals surface area contributed by atoms with Gasteiger partial charge in [-0.1, -0.05) is 59.6 Å².